The van der Waals surface area contributed by atoms with E-state index in [2.05, 4.69) is 0 Å². The molecule has 0 radical (unpaired) electrons. The molecule has 14 heteroatoms. The van der Waals surface area contributed by atoms with Crippen LogP contribution < -0.4 is 9.64 Å². The summed E-state index contributed by atoms with van der Waals surface area (Å²) in [6.45, 7) is -1.24. The first-order chi connectivity index (χ1) is 17.7. The Morgan fingerprint density at radius 1 is 0.974 bits per heavy atom. The SMILES string of the molecule is CS(=O)(=O)c1ccc(OCC(F)(F)F)c(C(=O)N2CCN(c3ccc(S(=O)(=O)C4CCC4)cc3F)CC2)c1. The number of nitrogens with zero attached hydrogens (tertiary/aromatic N) is 2. The summed E-state index contributed by atoms with van der Waals surface area (Å²) in [5.41, 5.74) is -0.166. The number of anilines is 1. The van der Waals surface area contributed by atoms with Crippen molar-refractivity contribution in [3.8, 4) is 5.75 Å². The number of rotatable bonds is 7. The number of sulfone groups is 2. The van der Waals surface area contributed by atoms with E-state index in [1.54, 1.807) is 4.90 Å². The normalized spacial score (nSPS) is 17.3. The van der Waals surface area contributed by atoms with Crippen molar-refractivity contribution in [3.05, 3.63) is 47.8 Å². The molecule has 1 amide bonds. The van der Waals surface area contributed by atoms with Crippen molar-refractivity contribution in [2.24, 2.45) is 0 Å². The van der Waals surface area contributed by atoms with Crippen molar-refractivity contribution in [1.29, 1.82) is 0 Å². The second-order valence-corrected chi connectivity index (χ2v) is 13.6. The van der Waals surface area contributed by atoms with Crippen LogP contribution in [0.3, 0.4) is 0 Å². The van der Waals surface area contributed by atoms with Gasteiger partial charge in [0.05, 0.1) is 26.3 Å². The largest absolute Gasteiger partial charge is 0.483 e. The van der Waals surface area contributed by atoms with E-state index in [4.69, 9.17) is 4.74 Å². The quantitative estimate of drug-likeness (QED) is 0.464. The Hall–Kier alpha value is -2.87. The van der Waals surface area contributed by atoms with E-state index in [1.807, 2.05) is 0 Å². The zero-order chi connectivity index (χ0) is 27.9. The van der Waals surface area contributed by atoms with Gasteiger partial charge in [0.25, 0.3) is 5.91 Å². The lowest BCUT2D eigenvalue weighted by Crippen LogP contribution is -2.49. The third-order valence-corrected chi connectivity index (χ3v) is 10.0. The third kappa shape index (κ3) is 6.06. The Balaban J connectivity index is 1.50. The van der Waals surface area contributed by atoms with Gasteiger partial charge >= 0.3 is 6.18 Å². The molecule has 4 rings (SSSR count). The van der Waals surface area contributed by atoms with Crippen LogP contribution in [0.5, 0.6) is 5.75 Å². The van der Waals surface area contributed by atoms with Gasteiger partial charge < -0.3 is 14.5 Å². The maximum atomic E-state index is 14.9. The molecule has 1 heterocycles. The third-order valence-electron chi connectivity index (χ3n) is 6.65. The van der Waals surface area contributed by atoms with Crippen molar-refractivity contribution in [2.75, 3.05) is 43.9 Å². The Morgan fingerprint density at radius 2 is 1.61 bits per heavy atom. The highest BCUT2D eigenvalue weighted by molar-refractivity contribution is 7.92. The summed E-state index contributed by atoms with van der Waals surface area (Å²) in [7, 11) is -7.35. The fourth-order valence-corrected chi connectivity index (χ4v) is 6.82. The van der Waals surface area contributed by atoms with E-state index < -0.39 is 55.2 Å². The molecular formula is C24H26F4N2O6S2. The highest BCUT2D eigenvalue weighted by Crippen LogP contribution is 2.33. The van der Waals surface area contributed by atoms with Crippen LogP contribution in [0, 0.1) is 5.82 Å². The van der Waals surface area contributed by atoms with E-state index >= 15 is 0 Å². The fraction of sp³-hybridized carbons (Fsp3) is 0.458. The molecule has 0 spiro atoms. The van der Waals surface area contributed by atoms with Crippen LogP contribution in [-0.2, 0) is 19.7 Å². The summed E-state index contributed by atoms with van der Waals surface area (Å²) in [5.74, 6) is -1.85. The Bertz CT molecular complexity index is 1430. The first-order valence-electron chi connectivity index (χ1n) is 11.8. The molecular weight excluding hydrogens is 552 g/mol. The Labute approximate surface area is 218 Å². The molecule has 0 atom stereocenters. The van der Waals surface area contributed by atoms with E-state index in [0.29, 0.717) is 12.8 Å². The first kappa shape index (κ1) is 28.1. The molecule has 0 bridgehead atoms. The number of benzene rings is 2. The second-order valence-electron chi connectivity index (χ2n) is 9.32. The highest BCUT2D eigenvalue weighted by atomic mass is 32.2. The average molecular weight is 579 g/mol. The van der Waals surface area contributed by atoms with Crippen LogP contribution in [0.1, 0.15) is 29.6 Å². The molecule has 0 aromatic heterocycles. The number of carbonyl (C=O) groups excluding carboxylic acids is 1. The van der Waals surface area contributed by atoms with Crippen LogP contribution >= 0.6 is 0 Å². The summed E-state index contributed by atoms with van der Waals surface area (Å²) in [5, 5.41) is -0.492. The zero-order valence-electron chi connectivity index (χ0n) is 20.4. The van der Waals surface area contributed by atoms with Crippen molar-refractivity contribution in [2.45, 2.75) is 40.5 Å². The number of hydrogen-bond acceptors (Lipinski definition) is 7. The van der Waals surface area contributed by atoms with Crippen molar-refractivity contribution in [3.63, 3.8) is 0 Å². The second kappa shape index (κ2) is 10.4. The average Bonchev–Trinajstić information content (AvgIpc) is 2.80. The predicted molar refractivity (Wildman–Crippen MR) is 130 cm³/mol. The van der Waals surface area contributed by atoms with Crippen LogP contribution in [-0.4, -0.2) is 78.1 Å². The number of ether oxygens (including phenoxy) is 1. The molecule has 2 aromatic rings. The van der Waals surface area contributed by atoms with Crippen LogP contribution in [0.2, 0.25) is 0 Å². The van der Waals surface area contributed by atoms with Gasteiger partial charge in [-0.3, -0.25) is 4.79 Å². The van der Waals surface area contributed by atoms with Gasteiger partial charge in [-0.15, -0.1) is 0 Å². The number of halogens is 4. The van der Waals surface area contributed by atoms with Gasteiger partial charge in [0.15, 0.2) is 26.3 Å². The summed E-state index contributed by atoms with van der Waals surface area (Å²) in [4.78, 5) is 15.8. The number of carbonyl (C=O) groups is 1. The molecule has 1 aliphatic heterocycles. The minimum Gasteiger partial charge on any atom is -0.483 e. The summed E-state index contributed by atoms with van der Waals surface area (Å²) < 4.78 is 107. The van der Waals surface area contributed by atoms with E-state index in [9.17, 15) is 39.2 Å². The van der Waals surface area contributed by atoms with Gasteiger partial charge in [-0.05, 0) is 49.2 Å². The predicted octanol–water partition coefficient (Wildman–Crippen LogP) is 3.46. The molecule has 1 saturated heterocycles. The minimum atomic E-state index is -4.67. The standard InChI is InChI=1S/C24H26F4N2O6S2/c1-37(32,33)17-6-8-22(36-15-24(26,27)28)19(13-17)23(31)30-11-9-29(10-12-30)21-7-5-18(14-20(21)25)38(34,35)16-3-2-4-16/h5-8,13-14,16H,2-4,9-12,15H2,1H3. The lowest BCUT2D eigenvalue weighted by Gasteiger charge is -2.36. The van der Waals surface area contributed by atoms with Crippen molar-refractivity contribution < 1.29 is 43.9 Å². The zero-order valence-corrected chi connectivity index (χ0v) is 22.0. The summed E-state index contributed by atoms with van der Waals surface area (Å²) in [6.07, 6.45) is -1.83. The number of hydrogen-bond donors (Lipinski definition) is 0. The Morgan fingerprint density at radius 3 is 2.13 bits per heavy atom. The van der Waals surface area contributed by atoms with Crippen molar-refractivity contribution in [1.82, 2.24) is 4.90 Å². The lowest BCUT2D eigenvalue weighted by molar-refractivity contribution is -0.153. The Kier molecular flexibility index (Phi) is 7.67. The van der Waals surface area contributed by atoms with E-state index in [0.717, 1.165) is 36.9 Å². The van der Waals surface area contributed by atoms with Crippen LogP contribution in [0.25, 0.3) is 0 Å². The molecule has 1 saturated carbocycles. The monoisotopic (exact) mass is 578 g/mol. The molecule has 8 nitrogen and oxygen atoms in total. The minimum absolute atomic E-state index is 0.0577. The smallest absolute Gasteiger partial charge is 0.422 e. The maximum absolute atomic E-state index is 14.9. The van der Waals surface area contributed by atoms with Gasteiger partial charge in [0.1, 0.15) is 11.6 Å². The number of alkyl halides is 3. The summed E-state index contributed by atoms with van der Waals surface area (Å²) >= 11 is 0. The van der Waals surface area contributed by atoms with Gasteiger partial charge in [-0.1, -0.05) is 6.42 Å². The fourth-order valence-electron chi connectivity index (χ4n) is 4.31. The van der Waals surface area contributed by atoms with Gasteiger partial charge in [0.2, 0.25) is 0 Å². The topological polar surface area (TPSA) is 101 Å². The maximum Gasteiger partial charge on any atom is 0.422 e. The first-order valence-corrected chi connectivity index (χ1v) is 15.2. The molecule has 0 N–H and O–H groups in total. The molecule has 2 fully saturated rings. The molecule has 38 heavy (non-hydrogen) atoms. The molecule has 2 aromatic carbocycles. The van der Waals surface area contributed by atoms with Crippen LogP contribution in [0.15, 0.2) is 46.2 Å². The van der Waals surface area contributed by atoms with Crippen LogP contribution in [0.4, 0.5) is 23.2 Å². The highest BCUT2D eigenvalue weighted by Gasteiger charge is 2.34. The molecule has 1 aliphatic carbocycles. The van der Waals surface area contributed by atoms with E-state index in [1.165, 1.54) is 17.0 Å². The number of piperazine rings is 1. The number of amides is 1. The van der Waals surface area contributed by atoms with Crippen molar-refractivity contribution >= 4 is 31.3 Å². The molecule has 208 valence electrons. The molecule has 2 aliphatic rings. The van der Waals surface area contributed by atoms with E-state index in [-0.39, 0.29) is 47.2 Å². The van der Waals surface area contributed by atoms with Gasteiger partial charge in [-0.2, -0.15) is 13.2 Å². The van der Waals surface area contributed by atoms with Gasteiger partial charge in [-0.25, -0.2) is 21.2 Å². The summed E-state index contributed by atoms with van der Waals surface area (Å²) in [6, 6.07) is 6.81. The van der Waals surface area contributed by atoms with Gasteiger partial charge in [0, 0.05) is 32.4 Å². The lowest BCUT2D eigenvalue weighted by atomic mass is 10.00. The molecule has 0 unspecified atom stereocenters.